The molecule has 1 aromatic carbocycles. The highest BCUT2D eigenvalue weighted by molar-refractivity contribution is 6.32. The van der Waals surface area contributed by atoms with Gasteiger partial charge in [0.2, 0.25) is 0 Å². The third-order valence-electron chi connectivity index (χ3n) is 2.01. The van der Waals surface area contributed by atoms with Crippen molar-refractivity contribution in [1.82, 2.24) is 0 Å². The molecule has 0 aromatic heterocycles. The fraction of sp³-hybridized carbons (Fsp3) is 0.400. The van der Waals surface area contributed by atoms with Crippen LogP contribution in [0.25, 0.3) is 0 Å². The molecule has 0 saturated carbocycles. The molecule has 0 saturated heterocycles. The minimum absolute atomic E-state index is 0. The normalized spacial score (nSPS) is 11.0. The van der Waals surface area contributed by atoms with E-state index < -0.39 is 5.54 Å². The molecular weight excluding hydrogens is 224 g/mol. The second-order valence-corrected chi connectivity index (χ2v) is 4.13. The van der Waals surface area contributed by atoms with Gasteiger partial charge in [-0.3, -0.25) is 0 Å². The minimum atomic E-state index is -0.532. The Balaban J connectivity index is 0.00000169. The van der Waals surface area contributed by atoms with E-state index in [9.17, 15) is 4.39 Å². The molecule has 14 heavy (non-hydrogen) atoms. The Hall–Kier alpha value is -0.310. The number of rotatable bonds is 1. The average Bonchev–Trinajstić information content (AvgIpc) is 1.98. The van der Waals surface area contributed by atoms with Gasteiger partial charge in [0.15, 0.2) is 0 Å². The molecule has 0 fully saturated rings. The topological polar surface area (TPSA) is 26.0 Å². The Bertz CT molecular complexity index is 332. The van der Waals surface area contributed by atoms with Gasteiger partial charge in [0.05, 0.1) is 5.02 Å². The number of benzene rings is 1. The van der Waals surface area contributed by atoms with Gasteiger partial charge in [-0.2, -0.15) is 0 Å². The first-order chi connectivity index (χ1) is 5.84. The summed E-state index contributed by atoms with van der Waals surface area (Å²) in [7, 11) is 0. The summed E-state index contributed by atoms with van der Waals surface area (Å²) in [6.45, 7) is 5.32. The van der Waals surface area contributed by atoms with Crippen molar-refractivity contribution in [3.05, 3.63) is 34.1 Å². The predicted molar refractivity (Wildman–Crippen MR) is 60.6 cm³/mol. The molecule has 1 aromatic rings. The highest BCUT2D eigenvalue weighted by Gasteiger charge is 2.19. The van der Waals surface area contributed by atoms with E-state index in [0.717, 1.165) is 5.56 Å². The van der Waals surface area contributed by atoms with Crippen molar-refractivity contribution in [3.63, 3.8) is 0 Å². The van der Waals surface area contributed by atoms with Crippen LogP contribution in [0.15, 0.2) is 12.1 Å². The molecule has 4 heteroatoms. The molecule has 0 spiro atoms. The molecule has 0 aliphatic rings. The van der Waals surface area contributed by atoms with Gasteiger partial charge in [0.1, 0.15) is 5.82 Å². The molecule has 0 bridgehead atoms. The SMILES string of the molecule is Cc1c(F)ccc(C(C)(C)N)c1Cl.Cl. The van der Waals surface area contributed by atoms with Crippen LogP contribution in [0.1, 0.15) is 25.0 Å². The van der Waals surface area contributed by atoms with Crippen molar-refractivity contribution in [2.75, 3.05) is 0 Å². The Morgan fingerprint density at radius 1 is 1.36 bits per heavy atom. The van der Waals surface area contributed by atoms with Crippen molar-refractivity contribution in [3.8, 4) is 0 Å². The van der Waals surface area contributed by atoms with E-state index >= 15 is 0 Å². The van der Waals surface area contributed by atoms with Crippen LogP contribution in [0.4, 0.5) is 4.39 Å². The highest BCUT2D eigenvalue weighted by Crippen LogP contribution is 2.29. The van der Waals surface area contributed by atoms with E-state index in [4.69, 9.17) is 17.3 Å². The second-order valence-electron chi connectivity index (χ2n) is 3.76. The Labute approximate surface area is 94.9 Å². The van der Waals surface area contributed by atoms with Crippen molar-refractivity contribution in [2.45, 2.75) is 26.3 Å². The van der Waals surface area contributed by atoms with E-state index in [1.165, 1.54) is 6.07 Å². The van der Waals surface area contributed by atoms with E-state index in [-0.39, 0.29) is 18.2 Å². The van der Waals surface area contributed by atoms with Gasteiger partial charge >= 0.3 is 0 Å². The lowest BCUT2D eigenvalue weighted by atomic mass is 9.94. The van der Waals surface area contributed by atoms with Crippen LogP contribution < -0.4 is 5.73 Å². The molecule has 0 radical (unpaired) electrons. The summed E-state index contributed by atoms with van der Waals surface area (Å²) in [4.78, 5) is 0. The second kappa shape index (κ2) is 4.47. The maximum atomic E-state index is 13.0. The monoisotopic (exact) mass is 237 g/mol. The van der Waals surface area contributed by atoms with Gasteiger partial charge in [0, 0.05) is 11.1 Å². The van der Waals surface area contributed by atoms with Crippen LogP contribution >= 0.6 is 24.0 Å². The van der Waals surface area contributed by atoms with Crippen molar-refractivity contribution < 1.29 is 4.39 Å². The maximum Gasteiger partial charge on any atom is 0.127 e. The summed E-state index contributed by atoms with van der Waals surface area (Å²) >= 11 is 5.96. The highest BCUT2D eigenvalue weighted by atomic mass is 35.5. The van der Waals surface area contributed by atoms with Gasteiger partial charge < -0.3 is 5.73 Å². The molecule has 1 rings (SSSR count). The molecule has 0 atom stereocenters. The largest absolute Gasteiger partial charge is 0.322 e. The summed E-state index contributed by atoms with van der Waals surface area (Å²) in [6.07, 6.45) is 0. The predicted octanol–water partition coefficient (Wildman–Crippen LogP) is 3.40. The van der Waals surface area contributed by atoms with Gasteiger partial charge in [-0.25, -0.2) is 4.39 Å². The Kier molecular flexibility index (Phi) is 4.37. The van der Waals surface area contributed by atoms with Crippen LogP contribution in [0.2, 0.25) is 5.02 Å². The third kappa shape index (κ3) is 2.59. The van der Waals surface area contributed by atoms with Gasteiger partial charge in [-0.1, -0.05) is 17.7 Å². The lowest BCUT2D eigenvalue weighted by molar-refractivity contribution is 0.549. The minimum Gasteiger partial charge on any atom is -0.322 e. The zero-order valence-corrected chi connectivity index (χ0v) is 9.97. The first-order valence-electron chi connectivity index (χ1n) is 4.08. The number of hydrogen-bond donors (Lipinski definition) is 1. The van der Waals surface area contributed by atoms with Crippen LogP contribution in [-0.4, -0.2) is 0 Å². The molecule has 80 valence electrons. The fourth-order valence-electron chi connectivity index (χ4n) is 1.16. The summed E-state index contributed by atoms with van der Waals surface area (Å²) in [6, 6.07) is 3.02. The van der Waals surface area contributed by atoms with Crippen LogP contribution in [-0.2, 0) is 5.54 Å². The van der Waals surface area contributed by atoms with Crippen LogP contribution in [0.5, 0.6) is 0 Å². The van der Waals surface area contributed by atoms with E-state index in [1.807, 2.05) is 13.8 Å². The summed E-state index contributed by atoms with van der Waals surface area (Å²) in [5, 5.41) is 0.424. The zero-order valence-electron chi connectivity index (χ0n) is 8.40. The number of halogens is 3. The van der Waals surface area contributed by atoms with E-state index in [1.54, 1.807) is 13.0 Å². The van der Waals surface area contributed by atoms with Crippen molar-refractivity contribution in [1.29, 1.82) is 0 Å². The fourth-order valence-corrected chi connectivity index (χ4v) is 1.56. The van der Waals surface area contributed by atoms with Gasteiger partial charge in [-0.05, 0) is 32.4 Å². The smallest absolute Gasteiger partial charge is 0.127 e. The standard InChI is InChI=1S/C10H13ClFN.ClH/c1-6-8(12)5-4-7(9(6)11)10(2,3)13;/h4-5H,13H2,1-3H3;1H. The molecule has 0 heterocycles. The van der Waals surface area contributed by atoms with E-state index in [0.29, 0.717) is 10.6 Å². The summed E-state index contributed by atoms with van der Waals surface area (Å²) in [5.74, 6) is -0.294. The molecule has 0 amide bonds. The molecular formula is C10H14Cl2FN. The quantitative estimate of drug-likeness (QED) is 0.797. The van der Waals surface area contributed by atoms with Crippen LogP contribution in [0, 0.1) is 12.7 Å². The Morgan fingerprint density at radius 2 is 1.86 bits per heavy atom. The summed E-state index contributed by atoms with van der Waals surface area (Å²) < 4.78 is 13.0. The first kappa shape index (κ1) is 13.7. The van der Waals surface area contributed by atoms with Crippen LogP contribution in [0.3, 0.4) is 0 Å². The average molecular weight is 238 g/mol. The van der Waals surface area contributed by atoms with Gasteiger partial charge in [0.25, 0.3) is 0 Å². The number of nitrogens with two attached hydrogens (primary N) is 1. The summed E-state index contributed by atoms with van der Waals surface area (Å²) in [5.41, 5.74) is 6.57. The Morgan fingerprint density at radius 3 is 2.29 bits per heavy atom. The number of hydrogen-bond acceptors (Lipinski definition) is 1. The first-order valence-corrected chi connectivity index (χ1v) is 4.46. The molecule has 0 unspecified atom stereocenters. The lowest BCUT2D eigenvalue weighted by Gasteiger charge is -2.21. The maximum absolute atomic E-state index is 13.0. The molecule has 0 aliphatic carbocycles. The zero-order chi connectivity index (χ0) is 10.2. The van der Waals surface area contributed by atoms with Crippen molar-refractivity contribution in [2.24, 2.45) is 5.73 Å². The molecule has 2 N–H and O–H groups in total. The van der Waals surface area contributed by atoms with Gasteiger partial charge in [-0.15, -0.1) is 12.4 Å². The molecule has 0 aliphatic heterocycles. The lowest BCUT2D eigenvalue weighted by Crippen LogP contribution is -2.29. The third-order valence-corrected chi connectivity index (χ3v) is 2.50. The molecule has 1 nitrogen and oxygen atoms in total. The van der Waals surface area contributed by atoms with E-state index in [2.05, 4.69) is 0 Å². The van der Waals surface area contributed by atoms with Crippen molar-refractivity contribution >= 4 is 24.0 Å².